The standard InChI is InChI=1S/C15H18BrF2NO/c16-9-15(6-1-2-7-15)10-19-13(20)8-11-4-3-5-12(17)14(11)18/h3-5H,1-2,6-10H2,(H,19,20). The van der Waals surface area contributed by atoms with Crippen LogP contribution in [-0.4, -0.2) is 17.8 Å². The molecule has 0 unspecified atom stereocenters. The molecule has 0 radical (unpaired) electrons. The Morgan fingerprint density at radius 2 is 2.00 bits per heavy atom. The van der Waals surface area contributed by atoms with Gasteiger partial charge in [0.2, 0.25) is 5.91 Å². The highest BCUT2D eigenvalue weighted by molar-refractivity contribution is 9.09. The minimum absolute atomic E-state index is 0.0989. The molecule has 1 aliphatic rings. The van der Waals surface area contributed by atoms with Gasteiger partial charge in [0.25, 0.3) is 0 Å². The summed E-state index contributed by atoms with van der Waals surface area (Å²) in [6, 6.07) is 3.90. The molecular formula is C15H18BrF2NO. The number of nitrogens with one attached hydrogen (secondary N) is 1. The van der Waals surface area contributed by atoms with Gasteiger partial charge in [-0.2, -0.15) is 0 Å². The van der Waals surface area contributed by atoms with Crippen molar-refractivity contribution in [1.29, 1.82) is 0 Å². The molecule has 1 fully saturated rings. The molecule has 1 aromatic carbocycles. The number of hydrogen-bond donors (Lipinski definition) is 1. The SMILES string of the molecule is O=C(Cc1cccc(F)c1F)NCC1(CBr)CCCC1. The lowest BCUT2D eigenvalue weighted by Gasteiger charge is -2.26. The van der Waals surface area contributed by atoms with E-state index < -0.39 is 11.6 Å². The Hall–Kier alpha value is -0.970. The highest BCUT2D eigenvalue weighted by Crippen LogP contribution is 2.38. The smallest absolute Gasteiger partial charge is 0.224 e. The topological polar surface area (TPSA) is 29.1 Å². The largest absolute Gasteiger partial charge is 0.355 e. The van der Waals surface area contributed by atoms with Crippen molar-refractivity contribution in [1.82, 2.24) is 5.32 Å². The molecule has 0 aliphatic heterocycles. The maximum absolute atomic E-state index is 13.5. The van der Waals surface area contributed by atoms with Crippen LogP contribution in [0.1, 0.15) is 31.2 Å². The van der Waals surface area contributed by atoms with Crippen molar-refractivity contribution in [3.05, 3.63) is 35.4 Å². The Morgan fingerprint density at radius 3 is 2.65 bits per heavy atom. The monoisotopic (exact) mass is 345 g/mol. The van der Waals surface area contributed by atoms with Crippen LogP contribution in [0.4, 0.5) is 8.78 Å². The van der Waals surface area contributed by atoms with Crippen LogP contribution in [-0.2, 0) is 11.2 Å². The van der Waals surface area contributed by atoms with Gasteiger partial charge in [-0.25, -0.2) is 8.78 Å². The average Bonchev–Trinajstić information content (AvgIpc) is 2.91. The van der Waals surface area contributed by atoms with Gasteiger partial charge < -0.3 is 5.32 Å². The fourth-order valence-corrected chi connectivity index (χ4v) is 3.45. The summed E-state index contributed by atoms with van der Waals surface area (Å²) in [7, 11) is 0. The Labute approximate surface area is 126 Å². The van der Waals surface area contributed by atoms with Crippen LogP contribution in [0.2, 0.25) is 0 Å². The molecule has 1 saturated carbocycles. The predicted molar refractivity (Wildman–Crippen MR) is 77.8 cm³/mol. The summed E-state index contributed by atoms with van der Waals surface area (Å²) < 4.78 is 26.5. The number of halogens is 3. The van der Waals surface area contributed by atoms with Crippen molar-refractivity contribution in [3.8, 4) is 0 Å². The minimum Gasteiger partial charge on any atom is -0.355 e. The molecular weight excluding hydrogens is 328 g/mol. The molecule has 2 rings (SSSR count). The number of amides is 1. The average molecular weight is 346 g/mol. The van der Waals surface area contributed by atoms with Crippen molar-refractivity contribution in [2.75, 3.05) is 11.9 Å². The lowest BCUT2D eigenvalue weighted by Crippen LogP contribution is -2.37. The predicted octanol–water partition coefficient (Wildman–Crippen LogP) is 3.58. The number of rotatable bonds is 5. The van der Waals surface area contributed by atoms with E-state index in [2.05, 4.69) is 21.2 Å². The van der Waals surface area contributed by atoms with Gasteiger partial charge in [0.1, 0.15) is 0 Å². The summed E-state index contributed by atoms with van der Waals surface area (Å²) in [5.74, 6) is -2.11. The van der Waals surface area contributed by atoms with Gasteiger partial charge in [-0.05, 0) is 24.3 Å². The lowest BCUT2D eigenvalue weighted by atomic mass is 9.89. The van der Waals surface area contributed by atoms with E-state index in [1.807, 2.05) is 0 Å². The zero-order valence-electron chi connectivity index (χ0n) is 11.2. The van der Waals surface area contributed by atoms with E-state index in [9.17, 15) is 13.6 Å². The molecule has 1 aliphatic carbocycles. The highest BCUT2D eigenvalue weighted by Gasteiger charge is 2.32. The van der Waals surface area contributed by atoms with Crippen LogP contribution in [0.5, 0.6) is 0 Å². The molecule has 110 valence electrons. The third kappa shape index (κ3) is 3.57. The molecule has 0 atom stereocenters. The molecule has 5 heteroatoms. The van der Waals surface area contributed by atoms with E-state index in [1.54, 1.807) is 0 Å². The number of carbonyl (C=O) groups excluding carboxylic acids is 1. The normalized spacial score (nSPS) is 17.1. The van der Waals surface area contributed by atoms with Gasteiger partial charge in [0.05, 0.1) is 6.42 Å². The first-order valence-electron chi connectivity index (χ1n) is 6.82. The summed E-state index contributed by atoms with van der Waals surface area (Å²) in [5.41, 5.74) is 0.220. The molecule has 2 nitrogen and oxygen atoms in total. The molecule has 0 aromatic heterocycles. The molecule has 0 heterocycles. The van der Waals surface area contributed by atoms with E-state index in [0.717, 1.165) is 24.2 Å². The van der Waals surface area contributed by atoms with E-state index in [0.29, 0.717) is 6.54 Å². The van der Waals surface area contributed by atoms with Gasteiger partial charge >= 0.3 is 0 Å². The zero-order chi connectivity index (χ0) is 14.6. The van der Waals surface area contributed by atoms with E-state index in [-0.39, 0.29) is 23.3 Å². The number of alkyl halides is 1. The fourth-order valence-electron chi connectivity index (χ4n) is 2.69. The lowest BCUT2D eigenvalue weighted by molar-refractivity contribution is -0.120. The Morgan fingerprint density at radius 1 is 1.30 bits per heavy atom. The first kappa shape index (κ1) is 15.4. The molecule has 0 spiro atoms. The first-order valence-corrected chi connectivity index (χ1v) is 7.94. The Balaban J connectivity index is 1.91. The van der Waals surface area contributed by atoms with E-state index in [1.165, 1.54) is 25.0 Å². The number of hydrogen-bond acceptors (Lipinski definition) is 1. The van der Waals surface area contributed by atoms with Crippen LogP contribution < -0.4 is 5.32 Å². The zero-order valence-corrected chi connectivity index (χ0v) is 12.8. The molecule has 1 aromatic rings. The van der Waals surface area contributed by atoms with E-state index in [4.69, 9.17) is 0 Å². The van der Waals surface area contributed by atoms with Crippen LogP contribution in [0.3, 0.4) is 0 Å². The summed E-state index contributed by atoms with van der Waals surface area (Å²) in [4.78, 5) is 11.9. The van der Waals surface area contributed by atoms with E-state index >= 15 is 0 Å². The maximum atomic E-state index is 13.5. The fraction of sp³-hybridized carbons (Fsp3) is 0.533. The van der Waals surface area contributed by atoms with Gasteiger partial charge in [0, 0.05) is 17.4 Å². The highest BCUT2D eigenvalue weighted by atomic mass is 79.9. The Kier molecular flexibility index (Phi) is 5.13. The molecule has 0 bridgehead atoms. The molecule has 1 amide bonds. The second kappa shape index (κ2) is 6.66. The number of carbonyl (C=O) groups is 1. The van der Waals surface area contributed by atoms with Gasteiger partial charge in [-0.1, -0.05) is 40.9 Å². The molecule has 20 heavy (non-hydrogen) atoms. The van der Waals surface area contributed by atoms with Crippen LogP contribution in [0.25, 0.3) is 0 Å². The number of benzene rings is 1. The van der Waals surface area contributed by atoms with Crippen molar-refractivity contribution in [3.63, 3.8) is 0 Å². The third-order valence-electron chi connectivity index (χ3n) is 3.99. The second-order valence-electron chi connectivity index (χ2n) is 5.51. The van der Waals surface area contributed by atoms with Crippen molar-refractivity contribution in [2.24, 2.45) is 5.41 Å². The summed E-state index contributed by atoms with van der Waals surface area (Å²) in [5, 5.41) is 3.71. The van der Waals surface area contributed by atoms with Crippen LogP contribution in [0, 0.1) is 17.0 Å². The minimum atomic E-state index is -0.932. The summed E-state index contributed by atoms with van der Waals surface area (Å²) >= 11 is 3.51. The van der Waals surface area contributed by atoms with Crippen molar-refractivity contribution < 1.29 is 13.6 Å². The van der Waals surface area contributed by atoms with Crippen LogP contribution >= 0.6 is 15.9 Å². The second-order valence-corrected chi connectivity index (χ2v) is 6.07. The van der Waals surface area contributed by atoms with Crippen molar-refractivity contribution >= 4 is 21.8 Å². The Bertz CT molecular complexity index is 487. The third-order valence-corrected chi connectivity index (χ3v) is 5.18. The maximum Gasteiger partial charge on any atom is 0.224 e. The van der Waals surface area contributed by atoms with Gasteiger partial charge in [-0.15, -0.1) is 0 Å². The van der Waals surface area contributed by atoms with Crippen molar-refractivity contribution in [2.45, 2.75) is 32.1 Å². The summed E-state index contributed by atoms with van der Waals surface area (Å²) in [6.07, 6.45) is 4.42. The van der Waals surface area contributed by atoms with Gasteiger partial charge in [0.15, 0.2) is 11.6 Å². The quantitative estimate of drug-likeness (QED) is 0.812. The van der Waals surface area contributed by atoms with Gasteiger partial charge in [-0.3, -0.25) is 4.79 Å². The molecule has 0 saturated heterocycles. The molecule has 1 N–H and O–H groups in total. The summed E-state index contributed by atoms with van der Waals surface area (Å²) in [6.45, 7) is 0.591. The van der Waals surface area contributed by atoms with Crippen LogP contribution in [0.15, 0.2) is 18.2 Å². The first-order chi connectivity index (χ1) is 9.56.